The summed E-state index contributed by atoms with van der Waals surface area (Å²) < 4.78 is 38.8. The number of fused-ring (bicyclic) bond motifs is 5. The van der Waals surface area contributed by atoms with E-state index < -0.39 is 12.0 Å². The molecule has 14 heavy (non-hydrogen) atoms. The van der Waals surface area contributed by atoms with E-state index in [1.807, 2.05) is 0 Å². The molecule has 1 aromatic rings. The lowest BCUT2D eigenvalue weighted by Gasteiger charge is -2.18. The molecule has 1 saturated heterocycles. The van der Waals surface area contributed by atoms with Crippen LogP contribution in [0, 0.1) is 0 Å². The third-order valence-electron chi connectivity index (χ3n) is 2.91. The van der Waals surface area contributed by atoms with Gasteiger partial charge in [-0.1, -0.05) is 0 Å². The van der Waals surface area contributed by atoms with Gasteiger partial charge in [0, 0.05) is 12.6 Å². The Morgan fingerprint density at radius 2 is 2.29 bits per heavy atom. The van der Waals surface area contributed by atoms with E-state index in [9.17, 15) is 13.2 Å². The van der Waals surface area contributed by atoms with Crippen molar-refractivity contribution in [2.45, 2.75) is 24.7 Å². The van der Waals surface area contributed by atoms with Crippen LogP contribution in [-0.2, 0) is 6.18 Å². The van der Waals surface area contributed by atoms with Crippen LogP contribution in [0.1, 0.15) is 30.0 Å². The SMILES string of the molecule is FC(F)(F)c1ncc2n1[C@@H]1CN[C@H]2C1. The zero-order chi connectivity index (χ0) is 9.92. The Labute approximate surface area is 77.9 Å². The number of alkyl halides is 3. The molecular weight excluding hydrogens is 195 g/mol. The fraction of sp³-hybridized carbons (Fsp3) is 0.625. The van der Waals surface area contributed by atoms with Gasteiger partial charge in [-0.05, 0) is 6.42 Å². The molecule has 2 bridgehead atoms. The minimum absolute atomic E-state index is 0.0610. The Hall–Kier alpha value is -1.04. The summed E-state index contributed by atoms with van der Waals surface area (Å²) in [6.45, 7) is 0.622. The molecule has 3 heterocycles. The normalized spacial score (nSPS) is 29.6. The second-order valence-electron chi connectivity index (χ2n) is 3.72. The average Bonchev–Trinajstić information content (AvgIpc) is 2.74. The highest BCUT2D eigenvalue weighted by Gasteiger charge is 2.45. The molecule has 0 radical (unpaired) electrons. The predicted molar refractivity (Wildman–Crippen MR) is 41.6 cm³/mol. The minimum atomic E-state index is -4.33. The van der Waals surface area contributed by atoms with Gasteiger partial charge in [-0.2, -0.15) is 13.2 Å². The van der Waals surface area contributed by atoms with Crippen molar-refractivity contribution in [2.75, 3.05) is 6.54 Å². The zero-order valence-corrected chi connectivity index (χ0v) is 7.17. The van der Waals surface area contributed by atoms with Crippen molar-refractivity contribution in [1.29, 1.82) is 0 Å². The second kappa shape index (κ2) is 2.31. The van der Waals surface area contributed by atoms with Crippen molar-refractivity contribution in [2.24, 2.45) is 0 Å². The van der Waals surface area contributed by atoms with Crippen LogP contribution >= 0.6 is 0 Å². The number of nitrogens with zero attached hydrogens (tertiary/aromatic N) is 2. The van der Waals surface area contributed by atoms with Crippen LogP contribution in [0.5, 0.6) is 0 Å². The van der Waals surface area contributed by atoms with Crippen LogP contribution in [0.2, 0.25) is 0 Å². The molecule has 0 unspecified atom stereocenters. The molecule has 0 spiro atoms. The predicted octanol–water partition coefficient (Wildman–Crippen LogP) is 1.49. The summed E-state index contributed by atoms with van der Waals surface area (Å²) in [4.78, 5) is 3.45. The number of hydrogen-bond acceptors (Lipinski definition) is 2. The van der Waals surface area contributed by atoms with Gasteiger partial charge in [0.1, 0.15) is 0 Å². The Morgan fingerprint density at radius 3 is 3.00 bits per heavy atom. The molecule has 0 amide bonds. The summed E-state index contributed by atoms with van der Waals surface area (Å²) in [5.74, 6) is -0.749. The number of imidazole rings is 1. The molecular formula is C8H8F3N3. The minimum Gasteiger partial charge on any atom is -0.319 e. The summed E-state index contributed by atoms with van der Waals surface area (Å²) in [5, 5.41) is 3.15. The molecule has 76 valence electrons. The van der Waals surface area contributed by atoms with Crippen LogP contribution < -0.4 is 5.32 Å². The summed E-state index contributed by atoms with van der Waals surface area (Å²) in [5.41, 5.74) is 0.675. The van der Waals surface area contributed by atoms with Gasteiger partial charge in [-0.15, -0.1) is 0 Å². The van der Waals surface area contributed by atoms with Gasteiger partial charge < -0.3 is 9.88 Å². The first-order valence-corrected chi connectivity index (χ1v) is 4.45. The van der Waals surface area contributed by atoms with E-state index in [-0.39, 0.29) is 12.1 Å². The number of hydrogen-bond donors (Lipinski definition) is 1. The Balaban J connectivity index is 2.15. The first kappa shape index (κ1) is 8.28. The number of nitrogens with one attached hydrogen (secondary N) is 1. The van der Waals surface area contributed by atoms with Gasteiger partial charge in [-0.25, -0.2) is 4.98 Å². The monoisotopic (exact) mass is 203 g/mol. The molecule has 3 nitrogen and oxygen atoms in total. The maximum absolute atomic E-state index is 12.5. The lowest BCUT2D eigenvalue weighted by molar-refractivity contribution is -0.147. The summed E-state index contributed by atoms with van der Waals surface area (Å²) in [6, 6.07) is 0.0118. The fourth-order valence-corrected chi connectivity index (χ4v) is 2.36. The van der Waals surface area contributed by atoms with Crippen LogP contribution in [0.3, 0.4) is 0 Å². The standard InChI is InChI=1S/C8H8F3N3/c9-8(10,11)7-13-3-6-5-1-4(2-12-5)14(6)7/h3-5,12H,1-2H2/t4-,5-/m0/s1. The molecule has 0 aromatic carbocycles. The van der Waals surface area contributed by atoms with Gasteiger partial charge in [0.2, 0.25) is 5.82 Å². The Kier molecular flexibility index (Phi) is 1.36. The number of rotatable bonds is 0. The Morgan fingerprint density at radius 1 is 1.50 bits per heavy atom. The van der Waals surface area contributed by atoms with Crippen molar-refractivity contribution in [3.8, 4) is 0 Å². The van der Waals surface area contributed by atoms with E-state index in [0.717, 1.165) is 6.42 Å². The van der Waals surface area contributed by atoms with Crippen LogP contribution in [0.25, 0.3) is 0 Å². The fourth-order valence-electron chi connectivity index (χ4n) is 2.36. The quantitative estimate of drug-likeness (QED) is 0.692. The van der Waals surface area contributed by atoms with Gasteiger partial charge >= 0.3 is 6.18 Å². The van der Waals surface area contributed by atoms with E-state index in [2.05, 4.69) is 10.3 Å². The van der Waals surface area contributed by atoms with Crippen molar-refractivity contribution >= 4 is 0 Å². The maximum Gasteiger partial charge on any atom is 0.449 e. The number of halogens is 3. The van der Waals surface area contributed by atoms with Crippen molar-refractivity contribution in [3.05, 3.63) is 17.7 Å². The van der Waals surface area contributed by atoms with Crippen molar-refractivity contribution in [1.82, 2.24) is 14.9 Å². The van der Waals surface area contributed by atoms with E-state index in [0.29, 0.717) is 12.2 Å². The number of aromatic nitrogens is 2. The second-order valence-corrected chi connectivity index (χ2v) is 3.72. The average molecular weight is 203 g/mol. The highest BCUT2D eigenvalue weighted by Crippen LogP contribution is 2.43. The smallest absolute Gasteiger partial charge is 0.319 e. The first-order chi connectivity index (χ1) is 6.57. The molecule has 2 atom stereocenters. The van der Waals surface area contributed by atoms with Gasteiger partial charge in [0.15, 0.2) is 0 Å². The molecule has 2 aliphatic heterocycles. The first-order valence-electron chi connectivity index (χ1n) is 4.45. The maximum atomic E-state index is 12.5. The van der Waals surface area contributed by atoms with Crippen molar-refractivity contribution in [3.63, 3.8) is 0 Å². The van der Waals surface area contributed by atoms with Crippen LogP contribution in [0.4, 0.5) is 13.2 Å². The van der Waals surface area contributed by atoms with Crippen LogP contribution in [-0.4, -0.2) is 16.1 Å². The van der Waals surface area contributed by atoms with Gasteiger partial charge in [-0.3, -0.25) is 0 Å². The summed E-state index contributed by atoms with van der Waals surface area (Å²) in [6.07, 6.45) is -2.23. The van der Waals surface area contributed by atoms with E-state index in [1.54, 1.807) is 0 Å². The molecule has 1 fully saturated rings. The lowest BCUT2D eigenvalue weighted by atomic mass is 10.2. The third-order valence-corrected chi connectivity index (χ3v) is 2.91. The van der Waals surface area contributed by atoms with E-state index in [4.69, 9.17) is 0 Å². The van der Waals surface area contributed by atoms with E-state index >= 15 is 0 Å². The Bertz CT molecular complexity index is 382. The molecule has 0 saturated carbocycles. The highest BCUT2D eigenvalue weighted by atomic mass is 19.4. The zero-order valence-electron chi connectivity index (χ0n) is 7.17. The highest BCUT2D eigenvalue weighted by molar-refractivity contribution is 5.22. The van der Waals surface area contributed by atoms with Gasteiger partial charge in [0.25, 0.3) is 0 Å². The summed E-state index contributed by atoms with van der Waals surface area (Å²) in [7, 11) is 0. The molecule has 6 heteroatoms. The molecule has 1 N–H and O–H groups in total. The van der Waals surface area contributed by atoms with E-state index in [1.165, 1.54) is 10.8 Å². The molecule has 2 aliphatic rings. The van der Waals surface area contributed by atoms with Crippen molar-refractivity contribution < 1.29 is 13.2 Å². The van der Waals surface area contributed by atoms with Gasteiger partial charge in [0.05, 0.1) is 17.9 Å². The summed E-state index contributed by atoms with van der Waals surface area (Å²) >= 11 is 0. The topological polar surface area (TPSA) is 29.9 Å². The van der Waals surface area contributed by atoms with Crippen LogP contribution in [0.15, 0.2) is 6.20 Å². The molecule has 3 rings (SSSR count). The lowest BCUT2D eigenvalue weighted by Crippen LogP contribution is -2.26. The molecule has 1 aromatic heterocycles. The third kappa shape index (κ3) is 0.890. The molecule has 0 aliphatic carbocycles. The largest absolute Gasteiger partial charge is 0.449 e.